The van der Waals surface area contributed by atoms with Crippen LogP contribution in [0.25, 0.3) is 0 Å². The van der Waals surface area contributed by atoms with Gasteiger partial charge in [-0.25, -0.2) is 0 Å². The van der Waals surface area contributed by atoms with Gasteiger partial charge in [0.1, 0.15) is 0 Å². The Hall–Kier alpha value is 0.290. The first kappa shape index (κ1) is 10.3. The molecule has 0 amide bonds. The SMILES string of the molecule is CCC(C)C(C)CC(C)Cl. The molecule has 0 radical (unpaired) electrons. The van der Waals surface area contributed by atoms with Crippen molar-refractivity contribution in [3.8, 4) is 0 Å². The van der Waals surface area contributed by atoms with E-state index in [0.717, 1.165) is 18.3 Å². The van der Waals surface area contributed by atoms with E-state index in [1.807, 2.05) is 0 Å². The Labute approximate surface area is 70.0 Å². The van der Waals surface area contributed by atoms with Crippen molar-refractivity contribution in [3.05, 3.63) is 0 Å². The summed E-state index contributed by atoms with van der Waals surface area (Å²) in [5.74, 6) is 1.60. The van der Waals surface area contributed by atoms with Gasteiger partial charge in [0.15, 0.2) is 0 Å². The van der Waals surface area contributed by atoms with Crippen molar-refractivity contribution in [1.29, 1.82) is 0 Å². The second-order valence-electron chi connectivity index (χ2n) is 3.38. The summed E-state index contributed by atoms with van der Waals surface area (Å²) in [4.78, 5) is 0. The summed E-state index contributed by atoms with van der Waals surface area (Å²) in [6.45, 7) is 8.89. The molecule has 3 atom stereocenters. The average molecular weight is 163 g/mol. The number of alkyl halides is 1. The van der Waals surface area contributed by atoms with Crippen molar-refractivity contribution < 1.29 is 0 Å². The maximum absolute atomic E-state index is 5.87. The molecule has 62 valence electrons. The van der Waals surface area contributed by atoms with Crippen LogP contribution in [-0.4, -0.2) is 5.38 Å². The van der Waals surface area contributed by atoms with E-state index in [1.54, 1.807) is 0 Å². The van der Waals surface area contributed by atoms with Crippen molar-refractivity contribution in [3.63, 3.8) is 0 Å². The normalized spacial score (nSPS) is 20.1. The van der Waals surface area contributed by atoms with Crippen LogP contribution in [0.1, 0.15) is 40.5 Å². The highest BCUT2D eigenvalue weighted by molar-refractivity contribution is 6.20. The van der Waals surface area contributed by atoms with Crippen LogP contribution >= 0.6 is 11.6 Å². The summed E-state index contributed by atoms with van der Waals surface area (Å²) in [5, 5.41) is 0.337. The Morgan fingerprint density at radius 2 is 1.60 bits per heavy atom. The highest BCUT2D eigenvalue weighted by Crippen LogP contribution is 2.21. The summed E-state index contributed by atoms with van der Waals surface area (Å²) in [7, 11) is 0. The third kappa shape index (κ3) is 4.16. The lowest BCUT2D eigenvalue weighted by Crippen LogP contribution is -2.10. The molecule has 0 aromatic carbocycles. The number of halogens is 1. The van der Waals surface area contributed by atoms with Crippen LogP contribution in [0, 0.1) is 11.8 Å². The predicted octanol–water partition coefficient (Wildman–Crippen LogP) is 3.69. The summed E-state index contributed by atoms with van der Waals surface area (Å²) >= 11 is 5.87. The molecule has 0 aromatic heterocycles. The van der Waals surface area contributed by atoms with E-state index in [9.17, 15) is 0 Å². The van der Waals surface area contributed by atoms with Gasteiger partial charge in [0.2, 0.25) is 0 Å². The minimum absolute atomic E-state index is 0.337. The van der Waals surface area contributed by atoms with E-state index < -0.39 is 0 Å². The molecule has 0 saturated heterocycles. The summed E-state index contributed by atoms with van der Waals surface area (Å²) in [5.41, 5.74) is 0. The van der Waals surface area contributed by atoms with Gasteiger partial charge in [0.25, 0.3) is 0 Å². The van der Waals surface area contributed by atoms with Gasteiger partial charge in [-0.2, -0.15) is 0 Å². The lowest BCUT2D eigenvalue weighted by molar-refractivity contribution is 0.354. The molecule has 0 aromatic rings. The molecule has 1 heteroatoms. The number of hydrogen-bond acceptors (Lipinski definition) is 0. The molecule has 0 aliphatic rings. The van der Waals surface area contributed by atoms with Crippen LogP contribution in [0.5, 0.6) is 0 Å². The third-order valence-electron chi connectivity index (χ3n) is 2.31. The van der Waals surface area contributed by atoms with Gasteiger partial charge in [-0.05, 0) is 25.2 Å². The summed E-state index contributed by atoms with van der Waals surface area (Å²) in [6, 6.07) is 0. The zero-order valence-electron chi connectivity index (χ0n) is 7.52. The first-order valence-electron chi connectivity index (χ1n) is 4.22. The molecule has 0 saturated carbocycles. The summed E-state index contributed by atoms with van der Waals surface area (Å²) in [6.07, 6.45) is 2.42. The smallest absolute Gasteiger partial charge is 0.0310 e. The monoisotopic (exact) mass is 162 g/mol. The second kappa shape index (κ2) is 5.01. The fourth-order valence-electron chi connectivity index (χ4n) is 1.15. The van der Waals surface area contributed by atoms with E-state index in [1.165, 1.54) is 6.42 Å². The lowest BCUT2D eigenvalue weighted by atomic mass is 9.90. The van der Waals surface area contributed by atoms with Crippen molar-refractivity contribution in [2.75, 3.05) is 0 Å². The topological polar surface area (TPSA) is 0 Å². The Morgan fingerprint density at radius 3 is 1.90 bits per heavy atom. The van der Waals surface area contributed by atoms with E-state index in [-0.39, 0.29) is 0 Å². The molecule has 0 bridgehead atoms. The van der Waals surface area contributed by atoms with Gasteiger partial charge in [0.05, 0.1) is 0 Å². The predicted molar refractivity (Wildman–Crippen MR) is 48.6 cm³/mol. The molecule has 0 aliphatic carbocycles. The molecular weight excluding hydrogens is 144 g/mol. The first-order valence-corrected chi connectivity index (χ1v) is 4.65. The standard InChI is InChI=1S/C9H19Cl/c1-5-7(2)8(3)6-9(4)10/h7-9H,5-6H2,1-4H3. The highest BCUT2D eigenvalue weighted by Gasteiger charge is 2.11. The van der Waals surface area contributed by atoms with Gasteiger partial charge >= 0.3 is 0 Å². The lowest BCUT2D eigenvalue weighted by Gasteiger charge is -2.18. The molecule has 0 N–H and O–H groups in total. The van der Waals surface area contributed by atoms with Crippen LogP contribution in [-0.2, 0) is 0 Å². The van der Waals surface area contributed by atoms with Crippen LogP contribution < -0.4 is 0 Å². The zero-order chi connectivity index (χ0) is 8.15. The average Bonchev–Trinajstić information content (AvgIpc) is 1.85. The molecule has 0 fully saturated rings. The van der Waals surface area contributed by atoms with Gasteiger partial charge in [-0.1, -0.05) is 27.2 Å². The zero-order valence-corrected chi connectivity index (χ0v) is 8.28. The van der Waals surface area contributed by atoms with E-state index in [4.69, 9.17) is 11.6 Å². The molecule has 3 unspecified atom stereocenters. The molecule has 0 nitrogen and oxygen atoms in total. The highest BCUT2D eigenvalue weighted by atomic mass is 35.5. The van der Waals surface area contributed by atoms with E-state index in [0.29, 0.717) is 5.38 Å². The minimum atomic E-state index is 0.337. The molecule has 0 rings (SSSR count). The van der Waals surface area contributed by atoms with Crippen LogP contribution in [0.2, 0.25) is 0 Å². The Bertz CT molecular complexity index is 78.8. The van der Waals surface area contributed by atoms with Gasteiger partial charge in [-0.15, -0.1) is 11.6 Å². The van der Waals surface area contributed by atoms with Crippen molar-refractivity contribution >= 4 is 11.6 Å². The molecule has 0 spiro atoms. The van der Waals surface area contributed by atoms with Crippen molar-refractivity contribution in [2.24, 2.45) is 11.8 Å². The largest absolute Gasteiger partial charge is 0.123 e. The number of rotatable bonds is 4. The van der Waals surface area contributed by atoms with E-state index in [2.05, 4.69) is 27.7 Å². The molecule has 10 heavy (non-hydrogen) atoms. The Balaban J connectivity index is 3.50. The Kier molecular flexibility index (Phi) is 5.15. The van der Waals surface area contributed by atoms with Crippen molar-refractivity contribution in [1.82, 2.24) is 0 Å². The fourth-order valence-corrected chi connectivity index (χ4v) is 1.43. The van der Waals surface area contributed by atoms with E-state index >= 15 is 0 Å². The quantitative estimate of drug-likeness (QED) is 0.554. The van der Waals surface area contributed by atoms with Crippen molar-refractivity contribution in [2.45, 2.75) is 45.9 Å². The fraction of sp³-hybridized carbons (Fsp3) is 1.00. The number of hydrogen-bond donors (Lipinski definition) is 0. The van der Waals surface area contributed by atoms with Crippen LogP contribution in [0.3, 0.4) is 0 Å². The Morgan fingerprint density at radius 1 is 1.10 bits per heavy atom. The third-order valence-corrected chi connectivity index (χ3v) is 2.49. The molecular formula is C9H19Cl. The minimum Gasteiger partial charge on any atom is -0.123 e. The van der Waals surface area contributed by atoms with Crippen LogP contribution in [0.15, 0.2) is 0 Å². The molecule has 0 aliphatic heterocycles. The van der Waals surface area contributed by atoms with Gasteiger partial charge < -0.3 is 0 Å². The van der Waals surface area contributed by atoms with Gasteiger partial charge in [0, 0.05) is 5.38 Å². The maximum Gasteiger partial charge on any atom is 0.0310 e. The second-order valence-corrected chi connectivity index (χ2v) is 4.12. The van der Waals surface area contributed by atoms with Crippen LogP contribution in [0.4, 0.5) is 0 Å². The first-order chi connectivity index (χ1) is 4.57. The summed E-state index contributed by atoms with van der Waals surface area (Å²) < 4.78 is 0. The maximum atomic E-state index is 5.87. The van der Waals surface area contributed by atoms with Gasteiger partial charge in [-0.3, -0.25) is 0 Å². The molecule has 0 heterocycles.